The van der Waals surface area contributed by atoms with Crippen LogP contribution in [0.4, 0.5) is 14.5 Å². The largest absolute Gasteiger partial charge is 0.434 e. The van der Waals surface area contributed by atoms with Gasteiger partial charge in [-0.3, -0.25) is 14.9 Å². The molecule has 0 aliphatic heterocycles. The number of nitrogens with one attached hydrogen (secondary N) is 1. The molecule has 0 unspecified atom stereocenters. The lowest BCUT2D eigenvalue weighted by atomic mass is 10.3. The zero-order chi connectivity index (χ0) is 14.9. The number of aromatic amines is 1. The molecule has 0 aliphatic carbocycles. The average Bonchev–Trinajstić information content (AvgIpc) is 2.38. The van der Waals surface area contributed by atoms with Crippen molar-refractivity contribution in [2.75, 3.05) is 0 Å². The molecule has 20 heavy (non-hydrogen) atoms. The molecule has 7 nitrogen and oxygen atoms in total. The topological polar surface area (TPSA) is 98.1 Å². The van der Waals surface area contributed by atoms with Crippen LogP contribution >= 0.6 is 15.9 Å². The predicted octanol–water partition coefficient (Wildman–Crippen LogP) is 2.51. The Hall–Kier alpha value is -2.36. The smallest absolute Gasteiger partial charge is 0.307 e. The first-order chi connectivity index (χ1) is 9.40. The number of nitro benzene ring substituents is 1. The molecule has 0 radical (unpaired) electrons. The molecule has 1 aromatic carbocycles. The second kappa shape index (κ2) is 5.33. The Balaban J connectivity index is 2.45. The normalized spacial score (nSPS) is 10.3. The molecule has 2 rings (SSSR count). The van der Waals surface area contributed by atoms with Gasteiger partial charge in [0.1, 0.15) is 4.47 Å². The zero-order valence-electron chi connectivity index (χ0n) is 9.39. The van der Waals surface area contributed by atoms with Crippen LogP contribution < -0.4 is 10.3 Å². The van der Waals surface area contributed by atoms with E-state index in [0.717, 1.165) is 6.33 Å². The van der Waals surface area contributed by atoms with Crippen molar-refractivity contribution in [3.05, 3.63) is 55.0 Å². The molecule has 2 aromatic rings. The lowest BCUT2D eigenvalue weighted by molar-refractivity contribution is -0.387. The van der Waals surface area contributed by atoms with Gasteiger partial charge in [-0.25, -0.2) is 9.37 Å². The van der Waals surface area contributed by atoms with E-state index in [-0.39, 0.29) is 10.4 Å². The van der Waals surface area contributed by atoms with Gasteiger partial charge in [-0.2, -0.15) is 4.39 Å². The number of benzene rings is 1. The van der Waals surface area contributed by atoms with Gasteiger partial charge in [-0.05, 0) is 15.9 Å². The number of nitrogens with zero attached hydrogens (tertiary/aromatic N) is 2. The van der Waals surface area contributed by atoms with Gasteiger partial charge in [0, 0.05) is 6.07 Å². The van der Waals surface area contributed by atoms with Crippen molar-refractivity contribution in [3.63, 3.8) is 0 Å². The van der Waals surface area contributed by atoms with Crippen molar-refractivity contribution in [1.82, 2.24) is 9.97 Å². The van der Waals surface area contributed by atoms with Gasteiger partial charge < -0.3 is 9.72 Å². The van der Waals surface area contributed by atoms with Crippen molar-refractivity contribution in [3.8, 4) is 11.6 Å². The molecule has 1 N–H and O–H groups in total. The first-order valence-electron chi connectivity index (χ1n) is 4.94. The maximum absolute atomic E-state index is 13.6. The number of rotatable bonds is 3. The molecule has 0 amide bonds. The van der Waals surface area contributed by atoms with E-state index in [1.54, 1.807) is 0 Å². The summed E-state index contributed by atoms with van der Waals surface area (Å²) in [6.45, 7) is 0. The fraction of sp³-hybridized carbons (Fsp3) is 0. The summed E-state index contributed by atoms with van der Waals surface area (Å²) in [4.78, 5) is 26.5. The van der Waals surface area contributed by atoms with Crippen LogP contribution in [-0.4, -0.2) is 14.9 Å². The minimum Gasteiger partial charge on any atom is -0.434 e. The summed E-state index contributed by atoms with van der Waals surface area (Å²) < 4.78 is 31.8. The Labute approximate surface area is 117 Å². The lowest BCUT2D eigenvalue weighted by Gasteiger charge is -2.06. The quantitative estimate of drug-likeness (QED) is 0.679. The zero-order valence-corrected chi connectivity index (χ0v) is 11.0. The van der Waals surface area contributed by atoms with E-state index < -0.39 is 33.6 Å². The second-order valence-corrected chi connectivity index (χ2v) is 4.24. The summed E-state index contributed by atoms with van der Waals surface area (Å²) in [5, 5.41) is 10.4. The summed E-state index contributed by atoms with van der Waals surface area (Å²) in [6.07, 6.45) is 1.00. The third-order valence-corrected chi connectivity index (χ3v) is 2.87. The molecule has 1 aromatic heterocycles. The molecule has 0 spiro atoms. The van der Waals surface area contributed by atoms with Crippen molar-refractivity contribution < 1.29 is 18.4 Å². The first kappa shape index (κ1) is 14.1. The van der Waals surface area contributed by atoms with E-state index in [9.17, 15) is 23.7 Å². The number of H-pyrrole nitrogens is 1. The summed E-state index contributed by atoms with van der Waals surface area (Å²) >= 11 is 2.86. The number of aromatic nitrogens is 2. The summed E-state index contributed by atoms with van der Waals surface area (Å²) in [5.74, 6) is -3.37. The SMILES string of the molecule is O=c1[nH]cnc(Oc2cc(F)c([N+](=O)[O-])cc2F)c1Br. The molecule has 0 atom stereocenters. The predicted molar refractivity (Wildman–Crippen MR) is 65.6 cm³/mol. The Morgan fingerprint density at radius 2 is 2.05 bits per heavy atom. The third kappa shape index (κ3) is 2.64. The highest BCUT2D eigenvalue weighted by atomic mass is 79.9. The highest BCUT2D eigenvalue weighted by molar-refractivity contribution is 9.10. The fourth-order valence-electron chi connectivity index (χ4n) is 1.28. The number of hydrogen-bond donors (Lipinski definition) is 1. The molecule has 10 heteroatoms. The first-order valence-corrected chi connectivity index (χ1v) is 5.74. The van der Waals surface area contributed by atoms with Crippen LogP contribution in [0.2, 0.25) is 0 Å². The second-order valence-electron chi connectivity index (χ2n) is 3.44. The van der Waals surface area contributed by atoms with Gasteiger partial charge in [-0.15, -0.1) is 0 Å². The Morgan fingerprint density at radius 1 is 1.35 bits per heavy atom. The van der Waals surface area contributed by atoms with Crippen molar-refractivity contribution in [2.24, 2.45) is 0 Å². The van der Waals surface area contributed by atoms with Gasteiger partial charge >= 0.3 is 5.69 Å². The van der Waals surface area contributed by atoms with Gasteiger partial charge in [0.15, 0.2) is 11.6 Å². The summed E-state index contributed by atoms with van der Waals surface area (Å²) in [5.41, 5.74) is -1.61. The molecule has 104 valence electrons. The van der Waals surface area contributed by atoms with Crippen molar-refractivity contribution >= 4 is 21.6 Å². The maximum Gasteiger partial charge on any atom is 0.307 e. The molecule has 0 bridgehead atoms. The fourth-order valence-corrected chi connectivity index (χ4v) is 1.58. The van der Waals surface area contributed by atoms with E-state index in [1.807, 2.05) is 0 Å². The van der Waals surface area contributed by atoms with E-state index in [1.165, 1.54) is 0 Å². The Bertz CT molecular complexity index is 750. The monoisotopic (exact) mass is 347 g/mol. The van der Waals surface area contributed by atoms with Gasteiger partial charge in [-0.1, -0.05) is 0 Å². The summed E-state index contributed by atoms with van der Waals surface area (Å²) in [6, 6.07) is 0.883. The Morgan fingerprint density at radius 3 is 2.70 bits per heavy atom. The van der Waals surface area contributed by atoms with Crippen LogP contribution in [0.1, 0.15) is 0 Å². The molecular formula is C10H4BrF2N3O4. The lowest BCUT2D eigenvalue weighted by Crippen LogP contribution is -2.08. The van der Waals surface area contributed by atoms with Gasteiger partial charge in [0.2, 0.25) is 11.7 Å². The minimum atomic E-state index is -1.27. The van der Waals surface area contributed by atoms with E-state index >= 15 is 0 Å². The number of hydrogen-bond acceptors (Lipinski definition) is 5. The molecule has 0 aliphatic rings. The average molecular weight is 348 g/mol. The van der Waals surface area contributed by atoms with Crippen molar-refractivity contribution in [2.45, 2.75) is 0 Å². The molecule has 1 heterocycles. The summed E-state index contributed by atoms with van der Waals surface area (Å²) in [7, 11) is 0. The van der Waals surface area contributed by atoms with Crippen LogP contribution in [-0.2, 0) is 0 Å². The third-order valence-electron chi connectivity index (χ3n) is 2.17. The van der Waals surface area contributed by atoms with Crippen LogP contribution in [0.5, 0.6) is 11.6 Å². The van der Waals surface area contributed by atoms with Gasteiger partial charge in [0.25, 0.3) is 5.56 Å². The van der Waals surface area contributed by atoms with Crippen LogP contribution in [0.3, 0.4) is 0 Å². The van der Waals surface area contributed by atoms with Crippen LogP contribution in [0, 0.1) is 21.7 Å². The highest BCUT2D eigenvalue weighted by Crippen LogP contribution is 2.30. The van der Waals surface area contributed by atoms with Crippen LogP contribution in [0.15, 0.2) is 27.7 Å². The number of halogens is 3. The van der Waals surface area contributed by atoms with Crippen LogP contribution in [0.25, 0.3) is 0 Å². The molecule has 0 fully saturated rings. The van der Waals surface area contributed by atoms with E-state index in [0.29, 0.717) is 12.1 Å². The molecule has 0 saturated carbocycles. The highest BCUT2D eigenvalue weighted by Gasteiger charge is 2.20. The maximum atomic E-state index is 13.6. The number of ether oxygens (including phenoxy) is 1. The molecular weight excluding hydrogens is 344 g/mol. The van der Waals surface area contributed by atoms with Gasteiger partial charge in [0.05, 0.1) is 17.3 Å². The number of nitro groups is 1. The Kier molecular flexibility index (Phi) is 3.74. The van der Waals surface area contributed by atoms with E-state index in [2.05, 4.69) is 25.9 Å². The minimum absolute atomic E-state index is 0.127. The standard InChI is InChI=1S/C10H4BrF2N3O4/c11-8-9(17)14-3-15-10(8)20-7-2-4(12)6(16(18)19)1-5(7)13/h1-3H,(H,14,15,17). The van der Waals surface area contributed by atoms with E-state index in [4.69, 9.17) is 4.74 Å². The van der Waals surface area contributed by atoms with Crippen molar-refractivity contribution in [1.29, 1.82) is 0 Å². The molecule has 0 saturated heterocycles.